The lowest BCUT2D eigenvalue weighted by molar-refractivity contribution is -0.302. The molecule has 0 amide bonds. The number of hydrogen-bond donors (Lipinski definition) is 5. The van der Waals surface area contributed by atoms with Crippen LogP contribution in [0.15, 0.2) is 11.6 Å². The van der Waals surface area contributed by atoms with Gasteiger partial charge in [-0.15, -0.1) is 0 Å². The molecule has 0 spiro atoms. The van der Waals surface area contributed by atoms with Crippen LogP contribution < -0.4 is 0 Å². The SMILES string of the molecule is CC(O)C1CCC2(O)C3(O)CC=C4CC(O)CCC4(C)C3CC(O)C12C. The van der Waals surface area contributed by atoms with Crippen molar-refractivity contribution >= 4 is 0 Å². The Bertz CT molecular complexity index is 632. The minimum absolute atomic E-state index is 0.237. The standard InChI is InChI=1S/C21H34O5/c1-12(22)15-6-9-21(26)19(15,3)17(24)11-16-18(2)7-5-14(23)10-13(18)4-8-20(16,21)25/h4,12,14-17,22-26H,5-11H2,1-3H3. The van der Waals surface area contributed by atoms with Crippen LogP contribution in [-0.2, 0) is 0 Å². The van der Waals surface area contributed by atoms with Crippen LogP contribution in [0.5, 0.6) is 0 Å². The van der Waals surface area contributed by atoms with Crippen LogP contribution in [0.25, 0.3) is 0 Å². The van der Waals surface area contributed by atoms with Gasteiger partial charge in [-0.3, -0.25) is 0 Å². The smallest absolute Gasteiger partial charge is 0.102 e. The van der Waals surface area contributed by atoms with Gasteiger partial charge in [0.05, 0.1) is 18.3 Å². The fraction of sp³-hybridized carbons (Fsp3) is 0.905. The van der Waals surface area contributed by atoms with Gasteiger partial charge in [0, 0.05) is 11.3 Å². The number of aliphatic hydroxyl groups is 5. The lowest BCUT2D eigenvalue weighted by atomic mass is 9.43. The zero-order valence-electron chi connectivity index (χ0n) is 16.1. The first kappa shape index (κ1) is 18.9. The summed E-state index contributed by atoms with van der Waals surface area (Å²) in [6.07, 6.45) is 4.09. The van der Waals surface area contributed by atoms with E-state index in [9.17, 15) is 25.5 Å². The molecule has 5 nitrogen and oxygen atoms in total. The molecule has 9 unspecified atom stereocenters. The van der Waals surface area contributed by atoms with E-state index in [0.29, 0.717) is 38.5 Å². The van der Waals surface area contributed by atoms with Crippen molar-refractivity contribution in [3.05, 3.63) is 11.6 Å². The molecule has 0 bridgehead atoms. The largest absolute Gasteiger partial charge is 0.393 e. The zero-order chi connectivity index (χ0) is 19.1. The van der Waals surface area contributed by atoms with Gasteiger partial charge in [0.15, 0.2) is 0 Å². The first-order chi connectivity index (χ1) is 12.0. The maximum absolute atomic E-state index is 11.9. The van der Waals surface area contributed by atoms with Gasteiger partial charge < -0.3 is 25.5 Å². The van der Waals surface area contributed by atoms with E-state index in [1.807, 2.05) is 13.0 Å². The molecule has 3 fully saturated rings. The normalized spacial score (nSPS) is 57.6. The molecule has 5 heteroatoms. The lowest BCUT2D eigenvalue weighted by Gasteiger charge is -2.66. The Kier molecular flexibility index (Phi) is 4.02. The van der Waals surface area contributed by atoms with Gasteiger partial charge in [-0.1, -0.05) is 25.5 Å². The third-order valence-electron chi connectivity index (χ3n) is 9.12. The quantitative estimate of drug-likeness (QED) is 0.453. The summed E-state index contributed by atoms with van der Waals surface area (Å²) in [5, 5.41) is 55.4. The van der Waals surface area contributed by atoms with Crippen molar-refractivity contribution in [2.45, 2.75) is 95.2 Å². The Hall–Kier alpha value is -0.460. The Morgan fingerprint density at radius 1 is 1.12 bits per heavy atom. The van der Waals surface area contributed by atoms with Gasteiger partial charge in [0.2, 0.25) is 0 Å². The highest BCUT2D eigenvalue weighted by Gasteiger charge is 2.75. The van der Waals surface area contributed by atoms with E-state index in [-0.39, 0.29) is 23.4 Å². The van der Waals surface area contributed by atoms with E-state index in [1.54, 1.807) is 6.92 Å². The molecular weight excluding hydrogens is 332 g/mol. The van der Waals surface area contributed by atoms with Crippen molar-refractivity contribution in [2.75, 3.05) is 0 Å². The van der Waals surface area contributed by atoms with Crippen molar-refractivity contribution < 1.29 is 25.5 Å². The molecule has 26 heavy (non-hydrogen) atoms. The number of fused-ring (bicyclic) bond motifs is 5. The Labute approximate surface area is 155 Å². The third-order valence-corrected chi connectivity index (χ3v) is 9.12. The zero-order valence-corrected chi connectivity index (χ0v) is 16.1. The summed E-state index contributed by atoms with van der Waals surface area (Å²) < 4.78 is 0. The Morgan fingerprint density at radius 2 is 1.81 bits per heavy atom. The summed E-state index contributed by atoms with van der Waals surface area (Å²) in [7, 11) is 0. The van der Waals surface area contributed by atoms with Crippen LogP contribution in [0.3, 0.4) is 0 Å². The maximum atomic E-state index is 11.9. The van der Waals surface area contributed by atoms with Gasteiger partial charge in [-0.05, 0) is 63.2 Å². The predicted molar refractivity (Wildman–Crippen MR) is 97.2 cm³/mol. The molecule has 0 heterocycles. The van der Waals surface area contributed by atoms with Crippen molar-refractivity contribution in [3.63, 3.8) is 0 Å². The van der Waals surface area contributed by atoms with Gasteiger partial charge in [0.25, 0.3) is 0 Å². The molecule has 148 valence electrons. The van der Waals surface area contributed by atoms with E-state index >= 15 is 0 Å². The second-order valence-electron chi connectivity index (χ2n) is 10.0. The van der Waals surface area contributed by atoms with E-state index in [4.69, 9.17) is 0 Å². The van der Waals surface area contributed by atoms with Crippen LogP contribution in [0, 0.1) is 22.7 Å². The highest BCUT2D eigenvalue weighted by atomic mass is 16.4. The first-order valence-corrected chi connectivity index (χ1v) is 10.2. The molecule has 0 aromatic heterocycles. The van der Waals surface area contributed by atoms with E-state index in [2.05, 4.69) is 6.92 Å². The molecule has 0 aliphatic heterocycles. The molecular formula is C21H34O5. The predicted octanol–water partition coefficient (Wildman–Crippen LogP) is 1.51. The third kappa shape index (κ3) is 1.99. The average molecular weight is 366 g/mol. The number of hydrogen-bond acceptors (Lipinski definition) is 5. The summed E-state index contributed by atoms with van der Waals surface area (Å²) in [5.41, 5.74) is -2.82. The summed E-state index contributed by atoms with van der Waals surface area (Å²) in [5.74, 6) is -0.484. The molecule has 0 aromatic rings. The molecule has 4 aliphatic rings. The van der Waals surface area contributed by atoms with Crippen molar-refractivity contribution in [2.24, 2.45) is 22.7 Å². The lowest BCUT2D eigenvalue weighted by Crippen LogP contribution is -2.75. The summed E-state index contributed by atoms with van der Waals surface area (Å²) in [6, 6.07) is 0. The van der Waals surface area contributed by atoms with E-state index < -0.39 is 28.8 Å². The monoisotopic (exact) mass is 366 g/mol. The van der Waals surface area contributed by atoms with Gasteiger partial charge in [-0.25, -0.2) is 0 Å². The first-order valence-electron chi connectivity index (χ1n) is 10.2. The summed E-state index contributed by atoms with van der Waals surface area (Å²) >= 11 is 0. The number of rotatable bonds is 1. The van der Waals surface area contributed by atoms with Crippen molar-refractivity contribution in [1.82, 2.24) is 0 Å². The Balaban J connectivity index is 1.83. The number of aliphatic hydroxyl groups excluding tert-OH is 3. The van der Waals surface area contributed by atoms with E-state index in [0.717, 1.165) is 12.0 Å². The topological polar surface area (TPSA) is 101 Å². The minimum Gasteiger partial charge on any atom is -0.393 e. The van der Waals surface area contributed by atoms with Gasteiger partial charge >= 0.3 is 0 Å². The average Bonchev–Trinajstić information content (AvgIpc) is 2.86. The van der Waals surface area contributed by atoms with Crippen LogP contribution in [0.2, 0.25) is 0 Å². The van der Waals surface area contributed by atoms with Crippen molar-refractivity contribution in [1.29, 1.82) is 0 Å². The molecule has 4 rings (SSSR count). The molecule has 0 saturated heterocycles. The highest BCUT2D eigenvalue weighted by Crippen LogP contribution is 2.69. The Morgan fingerprint density at radius 3 is 2.46 bits per heavy atom. The molecule has 4 aliphatic carbocycles. The molecule has 0 radical (unpaired) electrons. The maximum Gasteiger partial charge on any atom is 0.102 e. The summed E-state index contributed by atoms with van der Waals surface area (Å²) in [4.78, 5) is 0. The molecule has 0 aromatic carbocycles. The fourth-order valence-corrected chi connectivity index (χ4v) is 7.45. The fourth-order valence-electron chi connectivity index (χ4n) is 7.45. The van der Waals surface area contributed by atoms with Gasteiger partial charge in [-0.2, -0.15) is 0 Å². The second-order valence-corrected chi connectivity index (χ2v) is 10.0. The van der Waals surface area contributed by atoms with E-state index in [1.165, 1.54) is 0 Å². The highest BCUT2D eigenvalue weighted by molar-refractivity contribution is 5.34. The van der Waals surface area contributed by atoms with Gasteiger partial charge in [0.1, 0.15) is 11.2 Å². The van der Waals surface area contributed by atoms with Crippen molar-refractivity contribution in [3.8, 4) is 0 Å². The molecule has 9 atom stereocenters. The van der Waals surface area contributed by atoms with Crippen LogP contribution in [0.1, 0.15) is 65.7 Å². The van der Waals surface area contributed by atoms with Crippen LogP contribution >= 0.6 is 0 Å². The summed E-state index contributed by atoms with van der Waals surface area (Å²) in [6.45, 7) is 5.69. The van der Waals surface area contributed by atoms with Crippen LogP contribution in [-0.4, -0.2) is 55.0 Å². The van der Waals surface area contributed by atoms with Crippen LogP contribution in [0.4, 0.5) is 0 Å². The molecule has 3 saturated carbocycles. The second kappa shape index (κ2) is 5.54. The molecule has 5 N–H and O–H groups in total. The minimum atomic E-state index is -1.43.